The molecule has 3 rings (SSSR count). The molecule has 0 saturated heterocycles. The fraction of sp³-hybridized carbons (Fsp3) is 0.619. The zero-order valence-corrected chi connectivity index (χ0v) is 18.6. The summed E-state index contributed by atoms with van der Waals surface area (Å²) in [6, 6.07) is 1.58. The molecule has 1 aromatic heterocycles. The van der Waals surface area contributed by atoms with Crippen LogP contribution in [0.3, 0.4) is 0 Å². The Morgan fingerprint density at radius 3 is 2.67 bits per heavy atom. The predicted molar refractivity (Wildman–Crippen MR) is 113 cm³/mol. The zero-order valence-electron chi connectivity index (χ0n) is 17.8. The van der Waals surface area contributed by atoms with Gasteiger partial charge in [0.2, 0.25) is 5.91 Å². The summed E-state index contributed by atoms with van der Waals surface area (Å²) in [7, 11) is 1.75. The van der Waals surface area contributed by atoms with Crippen LogP contribution in [-0.2, 0) is 16.6 Å². The van der Waals surface area contributed by atoms with Gasteiger partial charge in [0.05, 0.1) is 24.8 Å². The molecule has 1 aliphatic rings. The van der Waals surface area contributed by atoms with Crippen LogP contribution in [-0.4, -0.2) is 46.9 Å². The molecule has 7 nitrogen and oxygen atoms in total. The van der Waals surface area contributed by atoms with E-state index in [1.165, 1.54) is 13.0 Å². The lowest BCUT2D eigenvalue weighted by Crippen LogP contribution is -2.37. The van der Waals surface area contributed by atoms with Gasteiger partial charge < -0.3 is 19.5 Å². The number of carbonyl (C=O) groups is 1. The quantitative estimate of drug-likeness (QED) is 0.670. The Kier molecular flexibility index (Phi) is 7.41. The second kappa shape index (κ2) is 9.83. The van der Waals surface area contributed by atoms with E-state index in [1.54, 1.807) is 11.6 Å². The smallest absolute Gasteiger partial charge is 0.297 e. The van der Waals surface area contributed by atoms with E-state index in [0.29, 0.717) is 35.5 Å². The normalized spacial score (nSPS) is 20.2. The average Bonchev–Trinajstić information content (AvgIpc) is 3.02. The molecule has 1 atom stereocenters. The maximum absolute atomic E-state index is 14.5. The predicted octanol–water partition coefficient (Wildman–Crippen LogP) is 4.00. The van der Waals surface area contributed by atoms with Crippen molar-refractivity contribution < 1.29 is 23.4 Å². The van der Waals surface area contributed by atoms with Gasteiger partial charge in [0.25, 0.3) is 6.01 Å². The molecule has 1 N–H and O–H groups in total. The van der Waals surface area contributed by atoms with Crippen molar-refractivity contribution in [3.05, 3.63) is 16.9 Å². The van der Waals surface area contributed by atoms with Crippen LogP contribution in [0.2, 0.25) is 5.02 Å². The highest BCUT2D eigenvalue weighted by molar-refractivity contribution is 6.36. The Morgan fingerprint density at radius 1 is 1.37 bits per heavy atom. The Labute approximate surface area is 180 Å². The molecule has 30 heavy (non-hydrogen) atoms. The molecule has 166 valence electrons. The summed E-state index contributed by atoms with van der Waals surface area (Å²) in [4.78, 5) is 15.4. The van der Waals surface area contributed by atoms with Crippen molar-refractivity contribution >= 4 is 28.5 Å². The molecule has 9 heteroatoms. The summed E-state index contributed by atoms with van der Waals surface area (Å²) in [5.41, 5.74) is 0.629. The highest BCUT2D eigenvalue weighted by atomic mass is 35.5. The second-order valence-corrected chi connectivity index (χ2v) is 8.08. The lowest BCUT2D eigenvalue weighted by molar-refractivity contribution is -0.120. The zero-order chi connectivity index (χ0) is 21.8. The molecule has 0 aliphatic heterocycles. The number of halogens is 2. The monoisotopic (exact) mass is 441 g/mol. The summed E-state index contributed by atoms with van der Waals surface area (Å²) in [6.45, 7) is 6.11. The third-order valence-corrected chi connectivity index (χ3v) is 5.55. The third kappa shape index (κ3) is 5.16. The number of aryl methyl sites for hydroxylation is 1. The van der Waals surface area contributed by atoms with Crippen molar-refractivity contribution in [1.29, 1.82) is 0 Å². The first-order valence-corrected chi connectivity index (χ1v) is 10.7. The Balaban J connectivity index is 1.61. The van der Waals surface area contributed by atoms with E-state index in [4.69, 9.17) is 25.8 Å². The van der Waals surface area contributed by atoms with E-state index in [0.717, 1.165) is 25.7 Å². The molecule has 1 fully saturated rings. The van der Waals surface area contributed by atoms with Crippen LogP contribution < -0.4 is 14.8 Å². The second-order valence-electron chi connectivity index (χ2n) is 7.71. The average molecular weight is 442 g/mol. The number of hydrogen-bond donors (Lipinski definition) is 1. The van der Waals surface area contributed by atoms with Crippen molar-refractivity contribution in [2.24, 2.45) is 7.05 Å². The number of nitrogens with zero attached hydrogens (tertiary/aromatic N) is 2. The van der Waals surface area contributed by atoms with Crippen LogP contribution in [0.5, 0.6) is 11.8 Å². The molecule has 0 unspecified atom stereocenters. The molecule has 1 saturated carbocycles. The molecule has 1 aliphatic carbocycles. The maximum Gasteiger partial charge on any atom is 0.297 e. The molecule has 1 heterocycles. The van der Waals surface area contributed by atoms with Gasteiger partial charge in [-0.2, -0.15) is 4.98 Å². The van der Waals surface area contributed by atoms with E-state index in [2.05, 4.69) is 10.3 Å². The summed E-state index contributed by atoms with van der Waals surface area (Å²) in [5, 5.41) is 3.14. The van der Waals surface area contributed by atoms with E-state index in [9.17, 15) is 9.18 Å². The van der Waals surface area contributed by atoms with E-state index < -0.39 is 5.82 Å². The van der Waals surface area contributed by atoms with Gasteiger partial charge >= 0.3 is 0 Å². The van der Waals surface area contributed by atoms with E-state index >= 15 is 0 Å². The molecule has 0 radical (unpaired) electrons. The largest absolute Gasteiger partial charge is 0.492 e. The Morgan fingerprint density at radius 2 is 2.03 bits per heavy atom. The number of ether oxygens (including phenoxy) is 3. The van der Waals surface area contributed by atoms with Gasteiger partial charge in [-0.1, -0.05) is 11.6 Å². The van der Waals surface area contributed by atoms with Gasteiger partial charge in [0.1, 0.15) is 22.4 Å². The third-order valence-electron chi connectivity index (χ3n) is 5.19. The standard InChI is InChI=1S/C21H29ClFN3O4/c1-5-28-17-10-16(23)19-20(18(17)22)26(4)21(25-19)30-15-8-6-14(7-9-15)29-11-12(2)24-13(3)27/h10,12,14-15H,5-9,11H2,1-4H3,(H,24,27)/t12-,14-,15-/m0/s1. The summed E-state index contributed by atoms with van der Waals surface area (Å²) >= 11 is 6.41. The van der Waals surface area contributed by atoms with Crippen LogP contribution in [0.1, 0.15) is 46.5 Å². The van der Waals surface area contributed by atoms with Crippen molar-refractivity contribution in [2.75, 3.05) is 13.2 Å². The van der Waals surface area contributed by atoms with Gasteiger partial charge in [-0.25, -0.2) is 4.39 Å². The van der Waals surface area contributed by atoms with Gasteiger partial charge in [0.15, 0.2) is 5.82 Å². The highest BCUT2D eigenvalue weighted by Crippen LogP contribution is 2.37. The topological polar surface area (TPSA) is 74.6 Å². The first-order valence-electron chi connectivity index (χ1n) is 10.3. The minimum atomic E-state index is -0.492. The van der Waals surface area contributed by atoms with Gasteiger partial charge in [-0.15, -0.1) is 0 Å². The van der Waals surface area contributed by atoms with Crippen LogP contribution >= 0.6 is 11.6 Å². The number of benzene rings is 1. The molecule has 1 amide bonds. The number of nitrogens with one attached hydrogen (secondary N) is 1. The lowest BCUT2D eigenvalue weighted by Gasteiger charge is -2.29. The van der Waals surface area contributed by atoms with Crippen molar-refractivity contribution in [3.63, 3.8) is 0 Å². The minimum absolute atomic E-state index is 0.0160. The number of fused-ring (bicyclic) bond motifs is 1. The molecule has 0 bridgehead atoms. The fourth-order valence-corrected chi connectivity index (χ4v) is 4.09. The van der Waals surface area contributed by atoms with Crippen LogP contribution in [0.25, 0.3) is 11.0 Å². The highest BCUT2D eigenvalue weighted by Gasteiger charge is 2.26. The number of aromatic nitrogens is 2. The first kappa shape index (κ1) is 22.6. The van der Waals surface area contributed by atoms with Crippen LogP contribution in [0, 0.1) is 5.82 Å². The maximum atomic E-state index is 14.5. The van der Waals surface area contributed by atoms with Crippen molar-refractivity contribution in [3.8, 4) is 11.8 Å². The molecule has 1 aromatic carbocycles. The summed E-state index contributed by atoms with van der Waals surface area (Å²) in [6.07, 6.45) is 3.44. The van der Waals surface area contributed by atoms with Crippen LogP contribution in [0.15, 0.2) is 6.07 Å². The van der Waals surface area contributed by atoms with E-state index in [1.807, 2.05) is 13.8 Å². The van der Waals surface area contributed by atoms with E-state index in [-0.39, 0.29) is 29.7 Å². The van der Waals surface area contributed by atoms with Crippen molar-refractivity contribution in [2.45, 2.75) is 64.7 Å². The number of imidazole rings is 1. The molecule has 0 spiro atoms. The Hall–Kier alpha value is -2.06. The first-order chi connectivity index (χ1) is 14.3. The minimum Gasteiger partial charge on any atom is -0.492 e. The van der Waals surface area contributed by atoms with Crippen molar-refractivity contribution in [1.82, 2.24) is 14.9 Å². The molecular formula is C21H29ClFN3O4. The number of hydrogen-bond acceptors (Lipinski definition) is 5. The number of carbonyl (C=O) groups excluding carboxylic acids is 1. The summed E-state index contributed by atoms with van der Waals surface area (Å²) in [5.74, 6) is -0.255. The Bertz CT molecular complexity index is 896. The van der Waals surface area contributed by atoms with Gasteiger partial charge in [-0.3, -0.25) is 9.36 Å². The van der Waals surface area contributed by atoms with Gasteiger partial charge in [-0.05, 0) is 39.5 Å². The SMILES string of the molecule is CCOc1cc(F)c2nc(O[C@H]3CC[C@H](OC[C@H](C)NC(C)=O)CC3)n(C)c2c1Cl. The number of rotatable bonds is 8. The molecule has 2 aromatic rings. The fourth-order valence-electron chi connectivity index (χ4n) is 3.76. The van der Waals surface area contributed by atoms with Gasteiger partial charge in [0, 0.05) is 26.1 Å². The summed E-state index contributed by atoms with van der Waals surface area (Å²) < 4.78 is 33.6. The lowest BCUT2D eigenvalue weighted by atomic mass is 9.95. The molecular weight excluding hydrogens is 413 g/mol. The van der Waals surface area contributed by atoms with Crippen LogP contribution in [0.4, 0.5) is 4.39 Å². The number of amides is 1.